The van der Waals surface area contributed by atoms with Crippen molar-refractivity contribution in [3.63, 3.8) is 0 Å². The average molecular weight is 566 g/mol. The molecular weight excluding hydrogens is 533 g/mol. The zero-order valence-electron chi connectivity index (χ0n) is 22.6. The summed E-state index contributed by atoms with van der Waals surface area (Å²) < 4.78 is 14.5. The van der Waals surface area contributed by atoms with Gasteiger partial charge in [0.25, 0.3) is 5.91 Å². The van der Waals surface area contributed by atoms with Gasteiger partial charge in [-0.15, -0.1) is 0 Å². The second kappa shape index (κ2) is 11.9. The highest BCUT2D eigenvalue weighted by Crippen LogP contribution is 2.35. The van der Waals surface area contributed by atoms with Crippen LogP contribution in [-0.4, -0.2) is 16.8 Å². The normalized spacial score (nSPS) is 17.9. The fourth-order valence-corrected chi connectivity index (χ4v) is 4.74. The molecule has 2 atom stereocenters. The van der Waals surface area contributed by atoms with Crippen LogP contribution in [0, 0.1) is 18.7 Å². The van der Waals surface area contributed by atoms with Crippen molar-refractivity contribution < 1.29 is 14.0 Å². The van der Waals surface area contributed by atoms with E-state index in [9.17, 15) is 14.0 Å². The van der Waals surface area contributed by atoms with Gasteiger partial charge in [-0.3, -0.25) is 19.6 Å². The number of nitrogen functional groups attached to an aromatic ring is 1. The van der Waals surface area contributed by atoms with Crippen molar-refractivity contribution in [3.8, 4) is 11.1 Å². The number of hydrogen-bond donors (Lipinski definition) is 5. The number of hydrazine groups is 1. The van der Waals surface area contributed by atoms with E-state index < -0.39 is 17.8 Å². The Morgan fingerprint density at radius 1 is 1.23 bits per heavy atom. The van der Waals surface area contributed by atoms with Gasteiger partial charge in [0.1, 0.15) is 5.70 Å². The molecule has 4 rings (SSSR count). The van der Waals surface area contributed by atoms with Gasteiger partial charge in [-0.05, 0) is 74.2 Å². The molecule has 2 unspecified atom stereocenters. The van der Waals surface area contributed by atoms with Crippen LogP contribution in [0.3, 0.4) is 0 Å². The molecule has 0 saturated carbocycles. The molecule has 0 fully saturated rings. The number of anilines is 3. The smallest absolute Gasteiger partial charge is 0.269 e. The van der Waals surface area contributed by atoms with Gasteiger partial charge < -0.3 is 22.1 Å². The van der Waals surface area contributed by atoms with Crippen LogP contribution in [0.4, 0.5) is 21.5 Å². The summed E-state index contributed by atoms with van der Waals surface area (Å²) in [5.41, 5.74) is 16.5. The molecule has 1 aromatic heterocycles. The first-order chi connectivity index (χ1) is 19.0. The van der Waals surface area contributed by atoms with Crippen LogP contribution in [0.15, 0.2) is 60.1 Å². The Bertz CT molecular complexity index is 1490. The Labute approximate surface area is 237 Å². The number of nitrogens with zero attached hydrogens (tertiary/aromatic N) is 2. The molecule has 210 valence electrons. The summed E-state index contributed by atoms with van der Waals surface area (Å²) in [6.07, 6.45) is 3.38. The Hall–Kier alpha value is -4.15. The molecule has 3 aromatic rings. The monoisotopic (exact) mass is 565 g/mol. The molecule has 1 aliphatic rings. The molecule has 2 heterocycles. The maximum atomic E-state index is 14.5. The SMILES string of the molecule is C/C(=C(/N)C(=O)NC1CCCC(C)C(=O)Nc2cc(N)c(C)cc2-c2ccnc1c2)N(N)c1cccc(Cl)c1F. The van der Waals surface area contributed by atoms with Gasteiger partial charge in [0.15, 0.2) is 5.82 Å². The second-order valence-electron chi connectivity index (χ2n) is 10.0. The van der Waals surface area contributed by atoms with E-state index in [1.54, 1.807) is 18.3 Å². The summed E-state index contributed by atoms with van der Waals surface area (Å²) in [5.74, 6) is 4.40. The molecule has 40 heavy (non-hydrogen) atoms. The number of carbonyl (C=O) groups excluding carboxylic acids is 2. The number of amides is 2. The summed E-state index contributed by atoms with van der Waals surface area (Å²) in [4.78, 5) is 30.8. The van der Waals surface area contributed by atoms with Gasteiger partial charge in [-0.2, -0.15) is 0 Å². The van der Waals surface area contributed by atoms with E-state index in [0.29, 0.717) is 36.3 Å². The molecule has 1 aliphatic heterocycles. The minimum absolute atomic E-state index is 0.0250. The van der Waals surface area contributed by atoms with Crippen LogP contribution in [0.25, 0.3) is 11.1 Å². The molecule has 9 nitrogen and oxygen atoms in total. The lowest BCUT2D eigenvalue weighted by Gasteiger charge is -2.24. The number of nitrogens with one attached hydrogen (secondary N) is 2. The summed E-state index contributed by atoms with van der Waals surface area (Å²) >= 11 is 5.89. The molecule has 0 radical (unpaired) electrons. The van der Waals surface area contributed by atoms with Crippen LogP contribution in [-0.2, 0) is 9.59 Å². The molecule has 0 aliphatic carbocycles. The van der Waals surface area contributed by atoms with E-state index >= 15 is 0 Å². The lowest BCUT2D eigenvalue weighted by molar-refractivity contribution is -0.120. The third kappa shape index (κ3) is 6.03. The number of allylic oxidation sites excluding steroid dienone is 1. The van der Waals surface area contributed by atoms with Crippen LogP contribution in [0.5, 0.6) is 0 Å². The first-order valence-electron chi connectivity index (χ1n) is 12.9. The lowest BCUT2D eigenvalue weighted by atomic mass is 9.94. The number of rotatable bonds is 4. The molecule has 0 spiro atoms. The minimum Gasteiger partial charge on any atom is -0.398 e. The molecule has 2 bridgehead atoms. The van der Waals surface area contributed by atoms with Crippen LogP contribution in [0.2, 0.25) is 5.02 Å². The fourth-order valence-electron chi connectivity index (χ4n) is 4.57. The number of aryl methyl sites for hydroxylation is 1. The highest BCUT2D eigenvalue weighted by atomic mass is 35.5. The van der Waals surface area contributed by atoms with Crippen molar-refractivity contribution in [2.24, 2.45) is 17.5 Å². The van der Waals surface area contributed by atoms with Crippen LogP contribution < -0.4 is 33.0 Å². The number of carbonyl (C=O) groups is 2. The van der Waals surface area contributed by atoms with E-state index in [2.05, 4.69) is 15.6 Å². The number of fused-ring (bicyclic) bond motifs is 4. The van der Waals surface area contributed by atoms with Crippen LogP contribution in [0.1, 0.15) is 50.4 Å². The molecular formula is C29H33ClFN7O2. The first-order valence-corrected chi connectivity index (χ1v) is 13.3. The quantitative estimate of drug-likeness (QED) is 0.130. The van der Waals surface area contributed by atoms with E-state index in [1.807, 2.05) is 32.0 Å². The van der Waals surface area contributed by atoms with Gasteiger partial charge >= 0.3 is 0 Å². The maximum Gasteiger partial charge on any atom is 0.269 e. The molecule has 0 saturated heterocycles. The highest BCUT2D eigenvalue weighted by Gasteiger charge is 2.24. The van der Waals surface area contributed by atoms with Crippen LogP contribution >= 0.6 is 11.6 Å². The summed E-state index contributed by atoms with van der Waals surface area (Å²) in [6, 6.07) is 11.3. The molecule has 11 heteroatoms. The number of benzene rings is 2. The summed E-state index contributed by atoms with van der Waals surface area (Å²) in [5, 5.41) is 6.86. The van der Waals surface area contributed by atoms with Gasteiger partial charge in [-0.25, -0.2) is 10.2 Å². The van der Waals surface area contributed by atoms with E-state index in [0.717, 1.165) is 21.7 Å². The first kappa shape index (κ1) is 28.8. The van der Waals surface area contributed by atoms with E-state index in [-0.39, 0.29) is 33.9 Å². The van der Waals surface area contributed by atoms with Crippen molar-refractivity contribution in [1.82, 2.24) is 10.3 Å². The average Bonchev–Trinajstić information content (AvgIpc) is 2.93. The van der Waals surface area contributed by atoms with Gasteiger partial charge in [0.05, 0.1) is 33.8 Å². The summed E-state index contributed by atoms with van der Waals surface area (Å²) in [7, 11) is 0. The van der Waals surface area contributed by atoms with E-state index in [4.69, 9.17) is 28.9 Å². The number of halogens is 2. The zero-order valence-corrected chi connectivity index (χ0v) is 23.3. The third-order valence-corrected chi connectivity index (χ3v) is 7.47. The maximum absolute atomic E-state index is 14.5. The topological polar surface area (TPSA) is 152 Å². The molecule has 8 N–H and O–H groups in total. The predicted molar refractivity (Wildman–Crippen MR) is 156 cm³/mol. The van der Waals surface area contributed by atoms with Crippen molar-refractivity contribution in [3.05, 3.63) is 82.2 Å². The van der Waals surface area contributed by atoms with E-state index in [1.165, 1.54) is 19.1 Å². The third-order valence-electron chi connectivity index (χ3n) is 7.18. The Morgan fingerprint density at radius 2 is 1.98 bits per heavy atom. The van der Waals surface area contributed by atoms with Crippen molar-refractivity contribution in [1.29, 1.82) is 0 Å². The lowest BCUT2D eigenvalue weighted by Crippen LogP contribution is -2.38. The number of nitrogens with two attached hydrogens (primary N) is 3. The van der Waals surface area contributed by atoms with Crippen molar-refractivity contribution in [2.75, 3.05) is 16.1 Å². The number of pyridine rings is 1. The molecule has 2 amide bonds. The van der Waals surface area contributed by atoms with Gasteiger partial charge in [0, 0.05) is 23.4 Å². The zero-order chi connectivity index (χ0) is 29.1. The van der Waals surface area contributed by atoms with Gasteiger partial charge in [-0.1, -0.05) is 31.0 Å². The molecule has 2 aromatic carbocycles. The van der Waals surface area contributed by atoms with Crippen molar-refractivity contribution in [2.45, 2.75) is 46.1 Å². The fraction of sp³-hybridized carbons (Fsp3) is 0.276. The Kier molecular flexibility index (Phi) is 8.61. The summed E-state index contributed by atoms with van der Waals surface area (Å²) in [6.45, 7) is 5.27. The standard InChI is InChI=1S/C29H33ClFN7O2/c1-15-6-4-8-22(36-29(40)27(33)17(3)38(34)25-9-5-7-20(30)26(25)31)24-13-18(10-11-35-24)19-12-16(2)21(32)14-23(19)37-28(15)39/h5,7,9-15,22H,4,6,8,32-34H2,1-3H3,(H,36,40)(H,37,39)/b27-17-. The Morgan fingerprint density at radius 3 is 2.73 bits per heavy atom. The minimum atomic E-state index is -0.727. The predicted octanol–water partition coefficient (Wildman–Crippen LogP) is 4.92. The second-order valence-corrected chi connectivity index (χ2v) is 10.4. The highest BCUT2D eigenvalue weighted by molar-refractivity contribution is 6.31. The number of aromatic nitrogens is 1. The largest absolute Gasteiger partial charge is 0.398 e. The van der Waals surface area contributed by atoms with Crippen molar-refractivity contribution >= 4 is 40.5 Å². The Balaban J connectivity index is 1.69. The number of hydrogen-bond acceptors (Lipinski definition) is 7. The van der Waals surface area contributed by atoms with Gasteiger partial charge in [0.2, 0.25) is 5.91 Å².